The van der Waals surface area contributed by atoms with Gasteiger partial charge < -0.3 is 10.6 Å². The zero-order valence-corrected chi connectivity index (χ0v) is 13.3. The average molecular weight is 321 g/mol. The van der Waals surface area contributed by atoms with Crippen LogP contribution in [0, 0.1) is 5.82 Å². The summed E-state index contributed by atoms with van der Waals surface area (Å²) in [6.45, 7) is 1.57. The maximum Gasteiger partial charge on any atom is 0.220 e. The SMILES string of the molecule is CNCCCC(=O)NCCCSc1ccc(F)cc1.Cl. The molecule has 0 spiro atoms. The van der Waals surface area contributed by atoms with Crippen LogP contribution >= 0.6 is 24.2 Å². The average Bonchev–Trinajstić information content (AvgIpc) is 2.41. The van der Waals surface area contributed by atoms with E-state index in [9.17, 15) is 9.18 Å². The molecule has 0 atom stereocenters. The number of thioether (sulfide) groups is 1. The van der Waals surface area contributed by atoms with Crippen molar-refractivity contribution < 1.29 is 9.18 Å². The van der Waals surface area contributed by atoms with E-state index >= 15 is 0 Å². The van der Waals surface area contributed by atoms with Crippen molar-refractivity contribution >= 4 is 30.1 Å². The summed E-state index contributed by atoms with van der Waals surface area (Å²) >= 11 is 1.67. The van der Waals surface area contributed by atoms with Gasteiger partial charge in [-0.05, 0) is 56.5 Å². The van der Waals surface area contributed by atoms with Gasteiger partial charge in [0, 0.05) is 17.9 Å². The second-order valence-corrected chi connectivity index (χ2v) is 5.38. The summed E-state index contributed by atoms with van der Waals surface area (Å²) in [6, 6.07) is 6.48. The molecule has 20 heavy (non-hydrogen) atoms. The van der Waals surface area contributed by atoms with Gasteiger partial charge in [-0.1, -0.05) is 0 Å². The standard InChI is InChI=1S/C14H21FN2OS.ClH/c1-16-9-2-4-14(18)17-10-3-11-19-13-7-5-12(15)6-8-13;/h5-8,16H,2-4,9-11H2,1H3,(H,17,18);1H. The highest BCUT2D eigenvalue weighted by Crippen LogP contribution is 2.18. The first-order valence-electron chi connectivity index (χ1n) is 6.52. The minimum atomic E-state index is -0.210. The maximum absolute atomic E-state index is 12.7. The molecular weight excluding hydrogens is 299 g/mol. The quantitative estimate of drug-likeness (QED) is 0.543. The Morgan fingerprint density at radius 3 is 2.55 bits per heavy atom. The summed E-state index contributed by atoms with van der Waals surface area (Å²) in [4.78, 5) is 12.5. The second kappa shape index (κ2) is 12.0. The first kappa shape index (κ1) is 19.2. The Bertz CT molecular complexity index is 376. The van der Waals surface area contributed by atoms with Crippen molar-refractivity contribution in [2.45, 2.75) is 24.2 Å². The van der Waals surface area contributed by atoms with Crippen LogP contribution in [0.25, 0.3) is 0 Å². The summed E-state index contributed by atoms with van der Waals surface area (Å²) < 4.78 is 12.7. The third-order valence-electron chi connectivity index (χ3n) is 2.56. The summed E-state index contributed by atoms with van der Waals surface area (Å²) in [5.74, 6) is 0.822. The Kier molecular flexibility index (Phi) is 11.5. The van der Waals surface area contributed by atoms with Crippen molar-refractivity contribution in [2.24, 2.45) is 0 Å². The molecule has 0 radical (unpaired) electrons. The fourth-order valence-electron chi connectivity index (χ4n) is 1.53. The summed E-state index contributed by atoms with van der Waals surface area (Å²) in [7, 11) is 1.88. The van der Waals surface area contributed by atoms with Gasteiger partial charge in [0.15, 0.2) is 0 Å². The van der Waals surface area contributed by atoms with E-state index in [1.165, 1.54) is 12.1 Å². The van der Waals surface area contributed by atoms with Gasteiger partial charge in [-0.3, -0.25) is 4.79 Å². The molecule has 1 aromatic rings. The lowest BCUT2D eigenvalue weighted by atomic mass is 10.3. The van der Waals surface area contributed by atoms with Crippen molar-refractivity contribution in [3.63, 3.8) is 0 Å². The Balaban J connectivity index is 0.00000361. The highest BCUT2D eigenvalue weighted by atomic mass is 35.5. The fraction of sp³-hybridized carbons (Fsp3) is 0.500. The lowest BCUT2D eigenvalue weighted by molar-refractivity contribution is -0.121. The van der Waals surface area contributed by atoms with Gasteiger partial charge in [0.25, 0.3) is 0 Å². The fourth-order valence-corrected chi connectivity index (χ4v) is 2.39. The number of carbonyl (C=O) groups is 1. The first-order chi connectivity index (χ1) is 9.22. The summed E-state index contributed by atoms with van der Waals surface area (Å²) in [5.41, 5.74) is 0. The Hall–Kier alpha value is -0.780. The van der Waals surface area contributed by atoms with E-state index in [1.54, 1.807) is 23.9 Å². The van der Waals surface area contributed by atoms with Gasteiger partial charge >= 0.3 is 0 Å². The van der Waals surface area contributed by atoms with E-state index in [1.807, 2.05) is 7.05 Å². The highest BCUT2D eigenvalue weighted by Gasteiger charge is 2.00. The lowest BCUT2D eigenvalue weighted by Gasteiger charge is -2.05. The zero-order chi connectivity index (χ0) is 13.9. The van der Waals surface area contributed by atoms with Gasteiger partial charge in [-0.15, -0.1) is 24.2 Å². The lowest BCUT2D eigenvalue weighted by Crippen LogP contribution is -2.25. The molecule has 0 aliphatic carbocycles. The molecule has 0 saturated carbocycles. The van der Waals surface area contributed by atoms with Crippen LogP contribution in [-0.2, 0) is 4.79 Å². The number of hydrogen-bond donors (Lipinski definition) is 2. The predicted molar refractivity (Wildman–Crippen MR) is 85.2 cm³/mol. The summed E-state index contributed by atoms with van der Waals surface area (Å²) in [6.07, 6.45) is 2.36. The topological polar surface area (TPSA) is 41.1 Å². The van der Waals surface area contributed by atoms with Crippen LogP contribution < -0.4 is 10.6 Å². The molecule has 0 saturated heterocycles. The Morgan fingerprint density at radius 2 is 1.90 bits per heavy atom. The van der Waals surface area contributed by atoms with Crippen molar-refractivity contribution in [1.29, 1.82) is 0 Å². The second-order valence-electron chi connectivity index (χ2n) is 4.21. The highest BCUT2D eigenvalue weighted by molar-refractivity contribution is 7.99. The number of hydrogen-bond acceptors (Lipinski definition) is 3. The number of benzene rings is 1. The minimum Gasteiger partial charge on any atom is -0.356 e. The normalized spacial score (nSPS) is 9.90. The van der Waals surface area contributed by atoms with Gasteiger partial charge in [-0.2, -0.15) is 0 Å². The van der Waals surface area contributed by atoms with E-state index in [4.69, 9.17) is 0 Å². The maximum atomic E-state index is 12.7. The van der Waals surface area contributed by atoms with Crippen molar-refractivity contribution in [1.82, 2.24) is 10.6 Å². The van der Waals surface area contributed by atoms with E-state index in [0.717, 1.165) is 30.0 Å². The smallest absolute Gasteiger partial charge is 0.220 e. The Labute approximate surface area is 130 Å². The first-order valence-corrected chi connectivity index (χ1v) is 7.50. The molecule has 0 aliphatic heterocycles. The molecule has 1 aromatic carbocycles. The van der Waals surface area contributed by atoms with Gasteiger partial charge in [0.05, 0.1) is 0 Å². The van der Waals surface area contributed by atoms with E-state index in [2.05, 4.69) is 10.6 Å². The van der Waals surface area contributed by atoms with Crippen LogP contribution in [0.15, 0.2) is 29.2 Å². The molecule has 0 fully saturated rings. The van der Waals surface area contributed by atoms with Crippen LogP contribution in [0.4, 0.5) is 4.39 Å². The van der Waals surface area contributed by atoms with Gasteiger partial charge in [0.1, 0.15) is 5.82 Å². The van der Waals surface area contributed by atoms with E-state index in [-0.39, 0.29) is 24.1 Å². The summed E-state index contributed by atoms with van der Waals surface area (Å²) in [5, 5.41) is 5.91. The largest absolute Gasteiger partial charge is 0.356 e. The third kappa shape index (κ3) is 9.18. The van der Waals surface area contributed by atoms with E-state index in [0.29, 0.717) is 13.0 Å². The number of nitrogens with one attached hydrogen (secondary N) is 2. The van der Waals surface area contributed by atoms with Crippen molar-refractivity contribution in [2.75, 3.05) is 25.9 Å². The molecule has 0 aromatic heterocycles. The Morgan fingerprint density at radius 1 is 1.20 bits per heavy atom. The van der Waals surface area contributed by atoms with Crippen LogP contribution in [0.3, 0.4) is 0 Å². The third-order valence-corrected chi connectivity index (χ3v) is 3.65. The van der Waals surface area contributed by atoms with Crippen molar-refractivity contribution in [3.05, 3.63) is 30.1 Å². The number of carbonyl (C=O) groups excluding carboxylic acids is 1. The molecule has 0 aliphatic rings. The molecule has 3 nitrogen and oxygen atoms in total. The molecule has 6 heteroatoms. The van der Waals surface area contributed by atoms with E-state index < -0.39 is 0 Å². The number of rotatable bonds is 9. The van der Waals surface area contributed by atoms with Gasteiger partial charge in [-0.25, -0.2) is 4.39 Å². The molecule has 2 N–H and O–H groups in total. The molecule has 0 heterocycles. The van der Waals surface area contributed by atoms with Crippen molar-refractivity contribution in [3.8, 4) is 0 Å². The molecule has 0 unspecified atom stereocenters. The molecular formula is C14H22ClFN2OS. The van der Waals surface area contributed by atoms with Gasteiger partial charge in [0.2, 0.25) is 5.91 Å². The molecule has 1 rings (SSSR count). The zero-order valence-electron chi connectivity index (χ0n) is 11.7. The van der Waals surface area contributed by atoms with Crippen LogP contribution in [-0.4, -0.2) is 31.8 Å². The van der Waals surface area contributed by atoms with Crippen LogP contribution in [0.1, 0.15) is 19.3 Å². The molecule has 1 amide bonds. The number of halogens is 2. The van der Waals surface area contributed by atoms with Crippen LogP contribution in [0.2, 0.25) is 0 Å². The molecule has 0 bridgehead atoms. The van der Waals surface area contributed by atoms with Crippen LogP contribution in [0.5, 0.6) is 0 Å². The minimum absolute atomic E-state index is 0. The monoisotopic (exact) mass is 320 g/mol. The molecule has 114 valence electrons. The predicted octanol–water partition coefficient (Wildman–Crippen LogP) is 2.85. The number of amides is 1.